The maximum absolute atomic E-state index is 4.78. The zero-order chi connectivity index (χ0) is 17.3. The SMILES string of the molecule is c1cnc2ccc(-c3ccc4nc(CCN5CCCC5)cn4c3)cc2c1. The van der Waals surface area contributed by atoms with Gasteiger partial charge >= 0.3 is 0 Å². The van der Waals surface area contributed by atoms with Crippen molar-refractivity contribution >= 4 is 16.6 Å². The molecular formula is C22H22N4. The minimum absolute atomic E-state index is 1.02. The fourth-order valence-corrected chi connectivity index (χ4v) is 3.87. The summed E-state index contributed by atoms with van der Waals surface area (Å²) in [5, 5.41) is 1.17. The van der Waals surface area contributed by atoms with Crippen LogP contribution in [-0.2, 0) is 6.42 Å². The van der Waals surface area contributed by atoms with Crippen LogP contribution in [0.4, 0.5) is 0 Å². The number of nitrogens with zero attached hydrogens (tertiary/aromatic N) is 4. The first-order valence-electron chi connectivity index (χ1n) is 9.40. The summed E-state index contributed by atoms with van der Waals surface area (Å²) < 4.78 is 2.15. The van der Waals surface area contributed by atoms with Crippen molar-refractivity contribution in [1.29, 1.82) is 0 Å². The molecule has 0 amide bonds. The normalized spacial score (nSPS) is 15.2. The number of benzene rings is 1. The van der Waals surface area contributed by atoms with Gasteiger partial charge < -0.3 is 9.30 Å². The molecule has 0 N–H and O–H groups in total. The van der Waals surface area contributed by atoms with Gasteiger partial charge in [0.05, 0.1) is 11.2 Å². The molecule has 0 unspecified atom stereocenters. The quantitative estimate of drug-likeness (QED) is 0.558. The van der Waals surface area contributed by atoms with Crippen molar-refractivity contribution in [2.45, 2.75) is 19.3 Å². The van der Waals surface area contributed by atoms with Crippen LogP contribution < -0.4 is 0 Å². The van der Waals surface area contributed by atoms with E-state index in [-0.39, 0.29) is 0 Å². The number of pyridine rings is 2. The number of hydrogen-bond acceptors (Lipinski definition) is 3. The van der Waals surface area contributed by atoms with Crippen molar-refractivity contribution in [2.75, 3.05) is 19.6 Å². The van der Waals surface area contributed by atoms with Gasteiger partial charge in [-0.05, 0) is 67.4 Å². The van der Waals surface area contributed by atoms with Crippen LogP contribution >= 0.6 is 0 Å². The van der Waals surface area contributed by atoms with E-state index in [9.17, 15) is 0 Å². The van der Waals surface area contributed by atoms with E-state index in [1.54, 1.807) is 0 Å². The van der Waals surface area contributed by atoms with Crippen LogP contribution in [0.3, 0.4) is 0 Å². The molecule has 1 fully saturated rings. The van der Waals surface area contributed by atoms with Gasteiger partial charge in [0.15, 0.2) is 0 Å². The second-order valence-electron chi connectivity index (χ2n) is 7.13. The third kappa shape index (κ3) is 2.97. The number of aromatic nitrogens is 3. The molecule has 4 nitrogen and oxygen atoms in total. The van der Waals surface area contributed by atoms with Gasteiger partial charge in [0.1, 0.15) is 5.65 Å². The lowest BCUT2D eigenvalue weighted by Gasteiger charge is -2.12. The Morgan fingerprint density at radius 2 is 1.81 bits per heavy atom. The van der Waals surface area contributed by atoms with Crippen LogP contribution in [0.2, 0.25) is 0 Å². The monoisotopic (exact) mass is 342 g/mol. The summed E-state index contributed by atoms with van der Waals surface area (Å²) in [6, 6.07) is 14.8. The van der Waals surface area contributed by atoms with Gasteiger partial charge in [0, 0.05) is 36.9 Å². The first-order valence-corrected chi connectivity index (χ1v) is 9.40. The predicted molar refractivity (Wildman–Crippen MR) is 105 cm³/mol. The highest BCUT2D eigenvalue weighted by molar-refractivity contribution is 5.84. The van der Waals surface area contributed by atoms with Gasteiger partial charge in [-0.1, -0.05) is 12.1 Å². The molecule has 5 rings (SSSR count). The van der Waals surface area contributed by atoms with E-state index in [0.717, 1.165) is 24.1 Å². The van der Waals surface area contributed by atoms with Gasteiger partial charge in [-0.25, -0.2) is 4.98 Å². The Morgan fingerprint density at radius 1 is 0.923 bits per heavy atom. The molecule has 1 saturated heterocycles. The average Bonchev–Trinajstić information content (AvgIpc) is 3.34. The summed E-state index contributed by atoms with van der Waals surface area (Å²) in [6.45, 7) is 3.61. The van der Waals surface area contributed by atoms with Gasteiger partial charge in [0.2, 0.25) is 0 Å². The lowest BCUT2D eigenvalue weighted by molar-refractivity contribution is 0.342. The molecule has 0 radical (unpaired) electrons. The van der Waals surface area contributed by atoms with E-state index in [4.69, 9.17) is 4.98 Å². The van der Waals surface area contributed by atoms with Gasteiger partial charge in [-0.15, -0.1) is 0 Å². The fourth-order valence-electron chi connectivity index (χ4n) is 3.87. The molecule has 4 heteroatoms. The van der Waals surface area contributed by atoms with Crippen molar-refractivity contribution < 1.29 is 0 Å². The summed E-state index contributed by atoms with van der Waals surface area (Å²) in [6.07, 6.45) is 9.91. The fraction of sp³-hybridized carbons (Fsp3) is 0.273. The van der Waals surface area contributed by atoms with Crippen molar-refractivity contribution in [1.82, 2.24) is 19.3 Å². The van der Waals surface area contributed by atoms with Crippen molar-refractivity contribution in [2.24, 2.45) is 0 Å². The highest BCUT2D eigenvalue weighted by Crippen LogP contribution is 2.24. The van der Waals surface area contributed by atoms with Crippen molar-refractivity contribution in [3.63, 3.8) is 0 Å². The molecule has 1 aliphatic rings. The first-order chi connectivity index (χ1) is 12.8. The smallest absolute Gasteiger partial charge is 0.137 e. The average molecular weight is 342 g/mol. The third-order valence-electron chi connectivity index (χ3n) is 5.32. The lowest BCUT2D eigenvalue weighted by Crippen LogP contribution is -2.21. The summed E-state index contributed by atoms with van der Waals surface area (Å²) >= 11 is 0. The largest absolute Gasteiger partial charge is 0.306 e. The summed E-state index contributed by atoms with van der Waals surface area (Å²) in [7, 11) is 0. The molecule has 0 spiro atoms. The van der Waals surface area contributed by atoms with Crippen LogP contribution in [0.1, 0.15) is 18.5 Å². The molecule has 130 valence electrons. The summed E-state index contributed by atoms with van der Waals surface area (Å²) in [5.41, 5.74) is 5.64. The van der Waals surface area contributed by atoms with Crippen LogP contribution in [0.25, 0.3) is 27.7 Å². The van der Waals surface area contributed by atoms with Gasteiger partial charge in [-0.3, -0.25) is 4.98 Å². The Balaban J connectivity index is 1.42. The Morgan fingerprint density at radius 3 is 2.73 bits per heavy atom. The topological polar surface area (TPSA) is 33.4 Å². The standard InChI is InChI=1S/C22H22N4/c1-2-12-25(11-1)13-9-20-16-26-15-19(6-8-22(26)24-20)17-5-7-21-18(14-17)4-3-10-23-21/h3-8,10,14-16H,1-2,9,11-13H2. The number of imidazole rings is 1. The lowest BCUT2D eigenvalue weighted by atomic mass is 10.1. The molecule has 0 atom stereocenters. The Hall–Kier alpha value is -2.72. The van der Waals surface area contributed by atoms with Gasteiger partial charge in [0.25, 0.3) is 0 Å². The van der Waals surface area contributed by atoms with Crippen LogP contribution in [0, 0.1) is 0 Å². The maximum atomic E-state index is 4.78. The zero-order valence-electron chi connectivity index (χ0n) is 14.8. The second-order valence-corrected chi connectivity index (χ2v) is 7.13. The van der Waals surface area contributed by atoms with Crippen LogP contribution in [0.15, 0.2) is 61.1 Å². The van der Waals surface area contributed by atoms with Crippen molar-refractivity contribution in [3.8, 4) is 11.1 Å². The molecule has 4 heterocycles. The van der Waals surface area contributed by atoms with E-state index in [1.807, 2.05) is 12.3 Å². The molecule has 0 aliphatic carbocycles. The van der Waals surface area contributed by atoms with Crippen LogP contribution in [-0.4, -0.2) is 38.9 Å². The number of fused-ring (bicyclic) bond motifs is 2. The maximum Gasteiger partial charge on any atom is 0.137 e. The Labute approximate surface area is 153 Å². The highest BCUT2D eigenvalue weighted by atomic mass is 15.1. The molecular weight excluding hydrogens is 320 g/mol. The van der Waals surface area contributed by atoms with E-state index in [0.29, 0.717) is 0 Å². The number of hydrogen-bond donors (Lipinski definition) is 0. The van der Waals surface area contributed by atoms with Gasteiger partial charge in [-0.2, -0.15) is 0 Å². The van der Waals surface area contributed by atoms with E-state index < -0.39 is 0 Å². The molecule has 1 aliphatic heterocycles. The minimum Gasteiger partial charge on any atom is -0.306 e. The first kappa shape index (κ1) is 15.5. The van der Waals surface area contributed by atoms with Crippen molar-refractivity contribution in [3.05, 3.63) is 66.7 Å². The Bertz CT molecular complexity index is 1060. The molecule has 0 saturated carbocycles. The number of rotatable bonds is 4. The third-order valence-corrected chi connectivity index (χ3v) is 5.32. The summed E-state index contributed by atoms with van der Waals surface area (Å²) in [5.74, 6) is 0. The molecule has 4 aromatic rings. The molecule has 3 aromatic heterocycles. The van der Waals surface area contributed by atoms with E-state index in [1.165, 1.54) is 48.1 Å². The molecule has 0 bridgehead atoms. The Kier molecular flexibility index (Phi) is 3.91. The second kappa shape index (κ2) is 6.54. The zero-order valence-corrected chi connectivity index (χ0v) is 14.8. The highest BCUT2D eigenvalue weighted by Gasteiger charge is 2.12. The predicted octanol–water partition coefficient (Wildman–Crippen LogP) is 4.19. The molecule has 1 aromatic carbocycles. The number of likely N-dealkylation sites (tertiary alicyclic amines) is 1. The van der Waals surface area contributed by atoms with Crippen LogP contribution in [0.5, 0.6) is 0 Å². The van der Waals surface area contributed by atoms with E-state index >= 15 is 0 Å². The van der Waals surface area contributed by atoms with E-state index in [2.05, 4.69) is 63.1 Å². The molecule has 26 heavy (non-hydrogen) atoms. The summed E-state index contributed by atoms with van der Waals surface area (Å²) in [4.78, 5) is 11.7. The minimum atomic E-state index is 1.02.